The molecule has 0 bridgehead atoms. The number of rotatable bonds is 9. The highest BCUT2D eigenvalue weighted by Gasteiger charge is 2.29. The first-order valence-corrected chi connectivity index (χ1v) is 14.2. The van der Waals surface area contributed by atoms with Crippen molar-refractivity contribution >= 4 is 34.5 Å². The molecular formula is C33H39N5O3. The van der Waals surface area contributed by atoms with E-state index in [1.165, 1.54) is 0 Å². The van der Waals surface area contributed by atoms with Crippen molar-refractivity contribution in [1.82, 2.24) is 15.3 Å². The molecule has 2 heterocycles. The second-order valence-corrected chi connectivity index (χ2v) is 11.1. The van der Waals surface area contributed by atoms with Crippen LogP contribution < -0.4 is 16.1 Å². The molecule has 41 heavy (non-hydrogen) atoms. The second kappa shape index (κ2) is 12.7. The molecule has 8 heteroatoms. The summed E-state index contributed by atoms with van der Waals surface area (Å²) in [5.41, 5.74) is 9.95. The van der Waals surface area contributed by atoms with Crippen molar-refractivity contribution in [2.75, 3.05) is 51.0 Å². The van der Waals surface area contributed by atoms with Gasteiger partial charge in [-0.1, -0.05) is 30.3 Å². The van der Waals surface area contributed by atoms with Crippen LogP contribution in [0.4, 0.5) is 11.4 Å². The van der Waals surface area contributed by atoms with Gasteiger partial charge < -0.3 is 20.4 Å². The van der Waals surface area contributed by atoms with E-state index in [-0.39, 0.29) is 11.8 Å². The number of benzene rings is 3. The van der Waals surface area contributed by atoms with Gasteiger partial charge in [0, 0.05) is 35.1 Å². The molecule has 0 spiro atoms. The third-order valence-corrected chi connectivity index (χ3v) is 8.07. The molecule has 2 aliphatic rings. The summed E-state index contributed by atoms with van der Waals surface area (Å²) >= 11 is 0. The number of hydroxylamine groups is 1. The summed E-state index contributed by atoms with van der Waals surface area (Å²) in [5.74, 6) is -0.439. The number of fused-ring (bicyclic) bond motifs is 1. The van der Waals surface area contributed by atoms with Gasteiger partial charge in [-0.05, 0) is 107 Å². The Bertz CT molecular complexity index is 1430. The molecule has 0 radical (unpaired) electrons. The largest absolute Gasteiger partial charge is 0.354 e. The first-order chi connectivity index (χ1) is 19.8. The van der Waals surface area contributed by atoms with E-state index in [9.17, 15) is 9.59 Å². The Morgan fingerprint density at radius 1 is 0.976 bits per heavy atom. The summed E-state index contributed by atoms with van der Waals surface area (Å²) < 4.78 is 0. The van der Waals surface area contributed by atoms with E-state index in [4.69, 9.17) is 4.84 Å². The third kappa shape index (κ3) is 6.68. The number of hydrogen-bond donors (Lipinski definition) is 3. The lowest BCUT2D eigenvalue weighted by molar-refractivity contribution is -0.110. The minimum absolute atomic E-state index is 0.147. The highest BCUT2D eigenvalue weighted by Crippen LogP contribution is 2.39. The minimum atomic E-state index is -0.292. The molecule has 2 amide bonds. The molecule has 0 atom stereocenters. The number of anilines is 2. The first kappa shape index (κ1) is 28.5. The smallest absolute Gasteiger partial charge is 0.274 e. The molecule has 1 fully saturated rings. The summed E-state index contributed by atoms with van der Waals surface area (Å²) in [6.07, 6.45) is 2.30. The minimum Gasteiger partial charge on any atom is -0.354 e. The van der Waals surface area contributed by atoms with Crippen LogP contribution in [0, 0.1) is 13.8 Å². The number of amides is 2. The van der Waals surface area contributed by atoms with Gasteiger partial charge in [-0.25, -0.2) is 5.48 Å². The van der Waals surface area contributed by atoms with E-state index < -0.39 is 0 Å². The Morgan fingerprint density at radius 3 is 2.34 bits per heavy atom. The van der Waals surface area contributed by atoms with E-state index in [0.717, 1.165) is 66.1 Å². The molecule has 3 aromatic rings. The van der Waals surface area contributed by atoms with Gasteiger partial charge >= 0.3 is 0 Å². The normalized spacial score (nSPS) is 16.9. The third-order valence-electron chi connectivity index (χ3n) is 8.07. The first-order valence-electron chi connectivity index (χ1n) is 14.2. The molecule has 2 aliphatic heterocycles. The van der Waals surface area contributed by atoms with Crippen molar-refractivity contribution in [3.8, 4) is 0 Å². The standard InChI is InChI=1S/C33H39N5O3/c1-22-20-28-29(21-23(22)2)35-33(40)30(28)31(24-8-6-5-7-9-24)34-26-12-10-25(11-13-26)32(39)36-41-19-18-38-16-14-27(15-17-38)37(3)4/h5-13,20-21,27,34H,14-19H2,1-4H3,(H,35,40)(H,36,39)/b31-30-. The summed E-state index contributed by atoms with van der Waals surface area (Å²) in [6.45, 7) is 7.40. The predicted octanol–water partition coefficient (Wildman–Crippen LogP) is 4.92. The van der Waals surface area contributed by atoms with Crippen molar-refractivity contribution in [3.63, 3.8) is 0 Å². The molecule has 0 saturated carbocycles. The fourth-order valence-corrected chi connectivity index (χ4v) is 5.42. The van der Waals surface area contributed by atoms with Crippen molar-refractivity contribution < 1.29 is 14.4 Å². The number of nitrogens with one attached hydrogen (secondary N) is 3. The summed E-state index contributed by atoms with van der Waals surface area (Å²) in [6, 6.07) is 21.7. The van der Waals surface area contributed by atoms with Crippen LogP contribution in [0.1, 0.15) is 45.5 Å². The van der Waals surface area contributed by atoms with Crippen LogP contribution in [0.2, 0.25) is 0 Å². The maximum atomic E-state index is 13.2. The molecule has 3 N–H and O–H groups in total. The monoisotopic (exact) mass is 553 g/mol. The van der Waals surface area contributed by atoms with Crippen LogP contribution in [-0.4, -0.2) is 68.0 Å². The molecule has 8 nitrogen and oxygen atoms in total. The highest BCUT2D eigenvalue weighted by atomic mass is 16.6. The Morgan fingerprint density at radius 2 is 1.66 bits per heavy atom. The average Bonchev–Trinajstić information content (AvgIpc) is 3.29. The van der Waals surface area contributed by atoms with Crippen LogP contribution >= 0.6 is 0 Å². The van der Waals surface area contributed by atoms with E-state index >= 15 is 0 Å². The van der Waals surface area contributed by atoms with E-state index in [2.05, 4.69) is 46.1 Å². The molecule has 0 unspecified atom stereocenters. The van der Waals surface area contributed by atoms with Crippen molar-refractivity contribution in [3.05, 3.63) is 94.5 Å². The van der Waals surface area contributed by atoms with E-state index in [0.29, 0.717) is 29.5 Å². The predicted molar refractivity (Wildman–Crippen MR) is 164 cm³/mol. The Hall–Kier alpha value is -3.98. The van der Waals surface area contributed by atoms with Crippen molar-refractivity contribution in [1.29, 1.82) is 0 Å². The molecule has 0 aromatic heterocycles. The molecule has 1 saturated heterocycles. The number of nitrogens with zero attached hydrogens (tertiary/aromatic N) is 2. The summed E-state index contributed by atoms with van der Waals surface area (Å²) in [4.78, 5) is 36.0. The van der Waals surface area contributed by atoms with Crippen molar-refractivity contribution in [2.24, 2.45) is 0 Å². The maximum Gasteiger partial charge on any atom is 0.274 e. The maximum absolute atomic E-state index is 13.2. The van der Waals surface area contributed by atoms with E-state index in [1.54, 1.807) is 12.1 Å². The van der Waals surface area contributed by atoms with Crippen LogP contribution in [-0.2, 0) is 9.63 Å². The summed E-state index contributed by atoms with van der Waals surface area (Å²) in [5, 5.41) is 6.47. The van der Waals surface area contributed by atoms with Crippen LogP contribution in [0.3, 0.4) is 0 Å². The quantitative estimate of drug-likeness (QED) is 0.198. The Balaban J connectivity index is 1.24. The number of hydrogen-bond acceptors (Lipinski definition) is 6. The second-order valence-electron chi connectivity index (χ2n) is 11.1. The summed E-state index contributed by atoms with van der Waals surface area (Å²) in [7, 11) is 4.27. The van der Waals surface area contributed by atoms with Crippen LogP contribution in [0.5, 0.6) is 0 Å². The average molecular weight is 554 g/mol. The molecule has 3 aromatic carbocycles. The fourth-order valence-electron chi connectivity index (χ4n) is 5.42. The van der Waals surface area contributed by atoms with Gasteiger partial charge in [0.1, 0.15) is 0 Å². The lowest BCUT2D eigenvalue weighted by atomic mass is 9.97. The van der Waals surface area contributed by atoms with Gasteiger partial charge in [0.05, 0.1) is 17.9 Å². The molecular weight excluding hydrogens is 514 g/mol. The number of likely N-dealkylation sites (tertiary alicyclic amines) is 1. The zero-order valence-electron chi connectivity index (χ0n) is 24.3. The molecule has 5 rings (SSSR count). The zero-order chi connectivity index (χ0) is 28.9. The van der Waals surface area contributed by atoms with Crippen LogP contribution in [0.25, 0.3) is 11.3 Å². The fraction of sp³-hybridized carbons (Fsp3) is 0.333. The van der Waals surface area contributed by atoms with Gasteiger partial charge in [0.15, 0.2) is 0 Å². The topological polar surface area (TPSA) is 85.9 Å². The van der Waals surface area contributed by atoms with E-state index in [1.807, 2.05) is 62.4 Å². The number of carbonyl (C=O) groups excluding carboxylic acids is 2. The highest BCUT2D eigenvalue weighted by molar-refractivity contribution is 6.37. The SMILES string of the molecule is Cc1cc2c(cc1C)/C(=C(/Nc1ccc(C(=O)NOCCN3CCC(N(C)C)CC3)cc1)c1ccccc1)C(=O)N2. The van der Waals surface area contributed by atoms with Gasteiger partial charge in [0.2, 0.25) is 0 Å². The number of aryl methyl sites for hydroxylation is 2. The Kier molecular flexibility index (Phi) is 8.83. The van der Waals surface area contributed by atoms with Gasteiger partial charge in [-0.2, -0.15) is 0 Å². The molecule has 0 aliphatic carbocycles. The lowest BCUT2D eigenvalue weighted by Crippen LogP contribution is -2.43. The lowest BCUT2D eigenvalue weighted by Gasteiger charge is -2.34. The molecule has 214 valence electrons. The van der Waals surface area contributed by atoms with Gasteiger partial charge in [-0.3, -0.25) is 14.4 Å². The number of piperidine rings is 1. The van der Waals surface area contributed by atoms with Gasteiger partial charge in [0.25, 0.3) is 11.8 Å². The number of carbonyl (C=O) groups is 2. The Labute approximate surface area is 242 Å². The van der Waals surface area contributed by atoms with Crippen LogP contribution in [0.15, 0.2) is 66.7 Å². The zero-order valence-corrected chi connectivity index (χ0v) is 24.3. The van der Waals surface area contributed by atoms with Crippen molar-refractivity contribution in [2.45, 2.75) is 32.7 Å². The van der Waals surface area contributed by atoms with Gasteiger partial charge in [-0.15, -0.1) is 0 Å².